The minimum atomic E-state index is -1.94. The van der Waals surface area contributed by atoms with Crippen molar-refractivity contribution in [1.82, 2.24) is 4.98 Å². The molecule has 0 aliphatic heterocycles. The van der Waals surface area contributed by atoms with Crippen molar-refractivity contribution < 1.29 is 8.82 Å². The van der Waals surface area contributed by atoms with Gasteiger partial charge in [-0.2, -0.15) is 0 Å². The molecule has 2 saturated carbocycles. The summed E-state index contributed by atoms with van der Waals surface area (Å²) in [6.45, 7) is 19.1. The fourth-order valence-electron chi connectivity index (χ4n) is 6.59. The number of benzene rings is 1. The van der Waals surface area contributed by atoms with E-state index in [9.17, 15) is 4.39 Å². The van der Waals surface area contributed by atoms with Crippen LogP contribution in [0.4, 0.5) is 4.39 Å². The summed E-state index contributed by atoms with van der Waals surface area (Å²) in [6, 6.07) is 10.8. The first kappa shape index (κ1) is 27.3. The van der Waals surface area contributed by atoms with Crippen molar-refractivity contribution in [3.05, 3.63) is 60.2 Å². The van der Waals surface area contributed by atoms with Crippen molar-refractivity contribution in [3.63, 3.8) is 0 Å². The Kier molecular flexibility index (Phi) is 7.44. The maximum Gasteiger partial charge on any atom is 0.192 e. The van der Waals surface area contributed by atoms with Gasteiger partial charge in [-0.3, -0.25) is 4.98 Å². The van der Waals surface area contributed by atoms with Gasteiger partial charge in [-0.25, -0.2) is 4.39 Å². The Morgan fingerprint density at radius 2 is 1.72 bits per heavy atom. The van der Waals surface area contributed by atoms with Crippen LogP contribution in [0.5, 0.6) is 0 Å². The molecular formula is C32H46FNOSi. The van der Waals surface area contributed by atoms with Gasteiger partial charge in [-0.15, -0.1) is 0 Å². The molecule has 0 spiro atoms. The van der Waals surface area contributed by atoms with Crippen LogP contribution in [0.15, 0.2) is 48.7 Å². The number of nitrogens with zero attached hydrogens (tertiary/aromatic N) is 1. The third-order valence-corrected chi connectivity index (χ3v) is 14.1. The zero-order valence-corrected chi connectivity index (χ0v) is 24.7. The number of rotatable bonds is 5. The smallest absolute Gasteiger partial charge is 0.192 e. The molecule has 2 aliphatic rings. The molecule has 2 aromatic rings. The molecule has 0 amide bonds. The Hall–Kier alpha value is -1.78. The summed E-state index contributed by atoms with van der Waals surface area (Å²) in [6.07, 6.45) is 13.3. The van der Waals surface area contributed by atoms with Gasteiger partial charge >= 0.3 is 0 Å². The molecule has 2 aliphatic carbocycles. The fourth-order valence-corrected chi connectivity index (χ4v) is 7.95. The van der Waals surface area contributed by atoms with Crippen molar-refractivity contribution in [3.8, 4) is 11.1 Å². The van der Waals surface area contributed by atoms with E-state index in [0.717, 1.165) is 22.7 Å². The van der Waals surface area contributed by atoms with Crippen LogP contribution >= 0.6 is 0 Å². The highest BCUT2D eigenvalue weighted by Gasteiger charge is 2.61. The lowest BCUT2D eigenvalue weighted by atomic mass is 9.56. The van der Waals surface area contributed by atoms with Gasteiger partial charge in [-0.05, 0) is 78.1 Å². The molecule has 0 saturated heterocycles. The maximum absolute atomic E-state index is 13.7. The molecule has 196 valence electrons. The van der Waals surface area contributed by atoms with E-state index in [0.29, 0.717) is 5.92 Å². The quantitative estimate of drug-likeness (QED) is 0.376. The second-order valence-electron chi connectivity index (χ2n) is 13.8. The van der Waals surface area contributed by atoms with Gasteiger partial charge in [0.25, 0.3) is 0 Å². The summed E-state index contributed by atoms with van der Waals surface area (Å²) >= 11 is 0. The standard InChI is InChI=1S/C32H46FNOSi/c1-30(2,3)32(19-18-27-17-16-25(22-34-27)23-13-11-14-26(33)20-23)28-15-10-9-12-24(28)21-29(32)35-36(7,8)31(4,5)6/h11,13-14,16-20,22,24,28-29H,9-10,12,15,21H2,1-8H3/b19-18+/t24-,28+,29+,32+/m0/s1. The van der Waals surface area contributed by atoms with Crippen LogP contribution in [0.25, 0.3) is 17.2 Å². The van der Waals surface area contributed by atoms with Crippen molar-refractivity contribution in [2.24, 2.45) is 22.7 Å². The summed E-state index contributed by atoms with van der Waals surface area (Å²) < 4.78 is 21.0. The largest absolute Gasteiger partial charge is 0.413 e. The molecule has 0 bridgehead atoms. The predicted molar refractivity (Wildman–Crippen MR) is 153 cm³/mol. The minimum Gasteiger partial charge on any atom is -0.413 e. The van der Waals surface area contributed by atoms with Gasteiger partial charge in [0.05, 0.1) is 11.8 Å². The number of fused-ring (bicyclic) bond motifs is 1. The monoisotopic (exact) mass is 507 g/mol. The molecule has 4 atom stereocenters. The van der Waals surface area contributed by atoms with Crippen molar-refractivity contribution in [1.29, 1.82) is 0 Å². The van der Waals surface area contributed by atoms with E-state index in [1.807, 2.05) is 18.3 Å². The first-order valence-electron chi connectivity index (χ1n) is 13.8. The average molecular weight is 508 g/mol. The molecule has 4 heteroatoms. The summed E-state index contributed by atoms with van der Waals surface area (Å²) in [5, 5.41) is 0.183. The number of hydrogen-bond donors (Lipinski definition) is 0. The first-order chi connectivity index (χ1) is 16.7. The van der Waals surface area contributed by atoms with Crippen LogP contribution < -0.4 is 0 Å². The third kappa shape index (κ3) is 5.13. The minimum absolute atomic E-state index is 0.0312. The number of hydrogen-bond acceptors (Lipinski definition) is 2. The van der Waals surface area contributed by atoms with Gasteiger partial charge < -0.3 is 4.43 Å². The van der Waals surface area contributed by atoms with Gasteiger partial charge in [0.15, 0.2) is 8.32 Å². The molecular weight excluding hydrogens is 461 g/mol. The van der Waals surface area contributed by atoms with E-state index in [2.05, 4.69) is 72.9 Å². The van der Waals surface area contributed by atoms with Gasteiger partial charge in [0.1, 0.15) is 5.82 Å². The highest BCUT2D eigenvalue weighted by Crippen LogP contribution is 2.63. The zero-order chi connectivity index (χ0) is 26.4. The second kappa shape index (κ2) is 9.83. The van der Waals surface area contributed by atoms with E-state index >= 15 is 0 Å². The molecule has 0 radical (unpaired) electrons. The summed E-state index contributed by atoms with van der Waals surface area (Å²) in [5.74, 6) is 1.16. The topological polar surface area (TPSA) is 22.1 Å². The second-order valence-corrected chi connectivity index (χ2v) is 18.5. The molecule has 1 heterocycles. The molecule has 2 fully saturated rings. The van der Waals surface area contributed by atoms with E-state index in [4.69, 9.17) is 9.41 Å². The lowest BCUT2D eigenvalue weighted by Gasteiger charge is -2.52. The SMILES string of the molecule is CC(C)(C)[C@]1(/C=C/c2ccc(-c3cccc(F)c3)cn2)[C@@H]2CCCC[C@H]2C[C@H]1O[Si](C)(C)C(C)(C)C. The number of aromatic nitrogens is 1. The van der Waals surface area contributed by atoms with E-state index < -0.39 is 8.32 Å². The normalized spacial score (nSPS) is 27.4. The number of pyridine rings is 1. The molecule has 1 aromatic carbocycles. The van der Waals surface area contributed by atoms with Crippen molar-refractivity contribution in [2.45, 2.75) is 97.9 Å². The molecule has 4 rings (SSSR count). The Balaban J connectivity index is 1.71. The Morgan fingerprint density at radius 1 is 1.00 bits per heavy atom. The predicted octanol–water partition coefficient (Wildman–Crippen LogP) is 9.53. The average Bonchev–Trinajstić information content (AvgIpc) is 3.10. The Bertz CT molecular complexity index is 1080. The van der Waals surface area contributed by atoms with E-state index in [-0.39, 0.29) is 27.8 Å². The molecule has 0 unspecified atom stereocenters. The number of halogens is 1. The van der Waals surface area contributed by atoms with E-state index in [1.165, 1.54) is 38.2 Å². The summed E-state index contributed by atoms with van der Waals surface area (Å²) in [4.78, 5) is 4.76. The Morgan fingerprint density at radius 3 is 2.33 bits per heavy atom. The van der Waals surface area contributed by atoms with Crippen molar-refractivity contribution in [2.75, 3.05) is 0 Å². The lowest BCUT2D eigenvalue weighted by molar-refractivity contribution is -0.0218. The first-order valence-corrected chi connectivity index (χ1v) is 16.7. The van der Waals surface area contributed by atoms with Crippen LogP contribution in [-0.2, 0) is 4.43 Å². The third-order valence-electron chi connectivity index (χ3n) is 9.59. The molecule has 0 N–H and O–H groups in total. The summed E-state index contributed by atoms with van der Waals surface area (Å²) in [5.41, 5.74) is 2.77. The van der Waals surface area contributed by atoms with Crippen LogP contribution in [-0.4, -0.2) is 19.4 Å². The fraction of sp³-hybridized carbons (Fsp3) is 0.594. The van der Waals surface area contributed by atoms with Gasteiger partial charge in [0.2, 0.25) is 0 Å². The van der Waals surface area contributed by atoms with Crippen molar-refractivity contribution >= 4 is 14.4 Å². The molecule has 1 aromatic heterocycles. The highest BCUT2D eigenvalue weighted by molar-refractivity contribution is 6.74. The van der Waals surface area contributed by atoms with Crippen LogP contribution in [0.1, 0.15) is 79.3 Å². The zero-order valence-electron chi connectivity index (χ0n) is 23.7. The van der Waals surface area contributed by atoms with Crippen LogP contribution in [0.2, 0.25) is 18.1 Å². The van der Waals surface area contributed by atoms with Crippen LogP contribution in [0.3, 0.4) is 0 Å². The lowest BCUT2D eigenvalue weighted by Crippen LogP contribution is -2.52. The Labute approximate surface area is 219 Å². The highest BCUT2D eigenvalue weighted by atomic mass is 28.4. The maximum atomic E-state index is 13.7. The molecule has 36 heavy (non-hydrogen) atoms. The van der Waals surface area contributed by atoms with Gasteiger partial charge in [0, 0.05) is 17.2 Å². The van der Waals surface area contributed by atoms with E-state index in [1.54, 1.807) is 12.1 Å². The van der Waals surface area contributed by atoms with Gasteiger partial charge in [-0.1, -0.05) is 85.1 Å². The van der Waals surface area contributed by atoms with Crippen LogP contribution in [0, 0.1) is 28.5 Å². The molecule has 2 nitrogen and oxygen atoms in total. The summed E-state index contributed by atoms with van der Waals surface area (Å²) in [7, 11) is -1.94.